The van der Waals surface area contributed by atoms with Crippen molar-refractivity contribution in [3.8, 4) is 0 Å². The van der Waals surface area contributed by atoms with Gasteiger partial charge in [0.2, 0.25) is 0 Å². The van der Waals surface area contributed by atoms with E-state index in [1.807, 2.05) is 0 Å². The van der Waals surface area contributed by atoms with Gasteiger partial charge in [-0.05, 0) is 24.7 Å². The summed E-state index contributed by atoms with van der Waals surface area (Å²) in [4.78, 5) is -0.0104. The molecule has 152 valence electrons. The Morgan fingerprint density at radius 1 is 0.520 bits per heavy atom. The van der Waals surface area contributed by atoms with E-state index in [9.17, 15) is 0 Å². The first-order valence-electron chi connectivity index (χ1n) is 11.6. The molecule has 0 aliphatic heterocycles. The van der Waals surface area contributed by atoms with Gasteiger partial charge in [0.15, 0.2) is 0 Å². The minimum Gasteiger partial charge on any atom is -0.119 e. The summed E-state index contributed by atoms with van der Waals surface area (Å²) in [7, 11) is 0. The van der Waals surface area contributed by atoms with Crippen LogP contribution >= 0.6 is 11.6 Å². The molecule has 0 spiro atoms. The fraction of sp³-hybridized carbons (Fsp3) is 1.00. The maximum absolute atomic E-state index is 6.86. The Labute approximate surface area is 165 Å². The van der Waals surface area contributed by atoms with Crippen LogP contribution < -0.4 is 0 Å². The van der Waals surface area contributed by atoms with Crippen LogP contribution in [0.1, 0.15) is 144 Å². The third-order valence-corrected chi connectivity index (χ3v) is 7.54. The van der Waals surface area contributed by atoms with E-state index >= 15 is 0 Å². The summed E-state index contributed by atoms with van der Waals surface area (Å²) >= 11 is 6.86. The molecule has 0 unspecified atom stereocenters. The van der Waals surface area contributed by atoms with Crippen LogP contribution in [0.15, 0.2) is 0 Å². The lowest BCUT2D eigenvalue weighted by Gasteiger charge is -2.41. The van der Waals surface area contributed by atoms with Gasteiger partial charge in [0.1, 0.15) is 0 Å². The SMILES string of the molecule is CCCCCCCCCCCCCCCCC(C)(C)C(Cl)(CC)CC. The van der Waals surface area contributed by atoms with Crippen molar-refractivity contribution in [2.75, 3.05) is 0 Å². The summed E-state index contributed by atoms with van der Waals surface area (Å²) in [5.74, 6) is 0. The van der Waals surface area contributed by atoms with Gasteiger partial charge in [-0.25, -0.2) is 0 Å². The summed E-state index contributed by atoms with van der Waals surface area (Å²) in [6.07, 6.45) is 23.5. The molecular formula is C24H49Cl. The normalized spacial score (nSPS) is 12.7. The van der Waals surface area contributed by atoms with Crippen molar-refractivity contribution in [2.24, 2.45) is 5.41 Å². The zero-order chi connectivity index (χ0) is 19.0. The molecule has 0 saturated heterocycles. The van der Waals surface area contributed by atoms with E-state index in [1.54, 1.807) is 0 Å². The second-order valence-corrected chi connectivity index (χ2v) is 9.63. The highest BCUT2D eigenvalue weighted by Gasteiger charge is 2.39. The average Bonchev–Trinajstić information content (AvgIpc) is 2.61. The van der Waals surface area contributed by atoms with Crippen LogP contribution in [0.4, 0.5) is 0 Å². The van der Waals surface area contributed by atoms with Gasteiger partial charge in [0.25, 0.3) is 0 Å². The maximum atomic E-state index is 6.86. The lowest BCUT2D eigenvalue weighted by atomic mass is 9.71. The summed E-state index contributed by atoms with van der Waals surface area (Å²) in [6.45, 7) is 11.5. The van der Waals surface area contributed by atoms with E-state index < -0.39 is 0 Å². The highest BCUT2D eigenvalue weighted by atomic mass is 35.5. The van der Waals surface area contributed by atoms with Crippen molar-refractivity contribution in [3.63, 3.8) is 0 Å². The largest absolute Gasteiger partial charge is 0.119 e. The number of hydrogen-bond acceptors (Lipinski definition) is 0. The van der Waals surface area contributed by atoms with Crippen LogP contribution in [-0.4, -0.2) is 4.87 Å². The lowest BCUT2D eigenvalue weighted by Crippen LogP contribution is -2.38. The fourth-order valence-electron chi connectivity index (χ4n) is 4.19. The Hall–Kier alpha value is 0.290. The van der Waals surface area contributed by atoms with Gasteiger partial charge in [-0.3, -0.25) is 0 Å². The van der Waals surface area contributed by atoms with Crippen molar-refractivity contribution < 1.29 is 0 Å². The van der Waals surface area contributed by atoms with Gasteiger partial charge in [-0.1, -0.05) is 125 Å². The summed E-state index contributed by atoms with van der Waals surface area (Å²) < 4.78 is 0. The monoisotopic (exact) mass is 372 g/mol. The zero-order valence-corrected chi connectivity index (χ0v) is 19.2. The average molecular weight is 373 g/mol. The standard InChI is InChI=1S/C24H49Cl/c1-6-9-10-11-12-13-14-15-16-17-18-19-20-21-22-23(4,5)24(25,7-2)8-3/h6-22H2,1-5H3. The van der Waals surface area contributed by atoms with Crippen molar-refractivity contribution in [1.82, 2.24) is 0 Å². The van der Waals surface area contributed by atoms with Gasteiger partial charge in [0, 0.05) is 4.87 Å². The number of alkyl halides is 1. The first-order chi connectivity index (χ1) is 11.9. The lowest BCUT2D eigenvalue weighted by molar-refractivity contribution is 0.203. The number of hydrogen-bond donors (Lipinski definition) is 0. The molecule has 0 aliphatic rings. The molecule has 0 aromatic carbocycles. The van der Waals surface area contributed by atoms with Crippen LogP contribution in [0.25, 0.3) is 0 Å². The summed E-state index contributed by atoms with van der Waals surface area (Å²) in [5, 5.41) is 0. The maximum Gasteiger partial charge on any atom is 0.0492 e. The molecule has 0 bridgehead atoms. The first kappa shape index (κ1) is 25.3. The van der Waals surface area contributed by atoms with Crippen molar-refractivity contribution in [2.45, 2.75) is 149 Å². The molecule has 0 radical (unpaired) electrons. The summed E-state index contributed by atoms with van der Waals surface area (Å²) in [6, 6.07) is 0. The molecular weight excluding hydrogens is 324 g/mol. The third-order valence-electron chi connectivity index (χ3n) is 6.49. The second-order valence-electron chi connectivity index (χ2n) is 8.90. The highest BCUT2D eigenvalue weighted by Crippen LogP contribution is 2.45. The molecule has 0 amide bonds. The molecule has 0 N–H and O–H groups in total. The van der Waals surface area contributed by atoms with Crippen LogP contribution in [0.2, 0.25) is 0 Å². The minimum atomic E-state index is -0.0104. The van der Waals surface area contributed by atoms with Crippen molar-refractivity contribution in [1.29, 1.82) is 0 Å². The smallest absolute Gasteiger partial charge is 0.0492 e. The van der Waals surface area contributed by atoms with Crippen LogP contribution in [-0.2, 0) is 0 Å². The summed E-state index contributed by atoms with van der Waals surface area (Å²) in [5.41, 5.74) is 0.259. The Kier molecular flexibility index (Phi) is 15.5. The van der Waals surface area contributed by atoms with E-state index in [0.717, 1.165) is 12.8 Å². The van der Waals surface area contributed by atoms with Crippen molar-refractivity contribution >= 4 is 11.6 Å². The molecule has 0 fully saturated rings. The highest BCUT2D eigenvalue weighted by molar-refractivity contribution is 6.24. The van der Waals surface area contributed by atoms with Gasteiger partial charge in [-0.15, -0.1) is 11.6 Å². The second kappa shape index (κ2) is 15.4. The van der Waals surface area contributed by atoms with Gasteiger partial charge < -0.3 is 0 Å². The molecule has 0 saturated carbocycles. The molecule has 0 heterocycles. The number of rotatable bonds is 18. The quantitative estimate of drug-likeness (QED) is 0.166. The van der Waals surface area contributed by atoms with E-state index in [4.69, 9.17) is 11.6 Å². The van der Waals surface area contributed by atoms with E-state index in [1.165, 1.54) is 96.3 Å². The molecule has 1 heteroatoms. The minimum absolute atomic E-state index is 0.0104. The van der Waals surface area contributed by atoms with E-state index in [2.05, 4.69) is 34.6 Å². The molecule has 0 atom stereocenters. The molecule has 0 aromatic rings. The zero-order valence-electron chi connectivity index (χ0n) is 18.4. The topological polar surface area (TPSA) is 0 Å². The van der Waals surface area contributed by atoms with Crippen molar-refractivity contribution in [3.05, 3.63) is 0 Å². The molecule has 0 rings (SSSR count). The van der Waals surface area contributed by atoms with Gasteiger partial charge >= 0.3 is 0 Å². The molecule has 0 aliphatic carbocycles. The fourth-order valence-corrected chi connectivity index (χ4v) is 4.29. The van der Waals surface area contributed by atoms with Crippen LogP contribution in [0, 0.1) is 5.41 Å². The Morgan fingerprint density at radius 3 is 1.16 bits per heavy atom. The van der Waals surface area contributed by atoms with Crippen LogP contribution in [0.5, 0.6) is 0 Å². The number of halogens is 1. The van der Waals surface area contributed by atoms with Gasteiger partial charge in [-0.2, -0.15) is 0 Å². The molecule has 25 heavy (non-hydrogen) atoms. The Bertz CT molecular complexity index is 278. The molecule has 0 nitrogen and oxygen atoms in total. The predicted octanol–water partition coefficient (Wildman–Crippen LogP) is 9.68. The van der Waals surface area contributed by atoms with Crippen LogP contribution in [0.3, 0.4) is 0 Å². The number of unbranched alkanes of at least 4 members (excludes halogenated alkanes) is 13. The predicted molar refractivity (Wildman–Crippen MR) is 118 cm³/mol. The van der Waals surface area contributed by atoms with E-state index in [0.29, 0.717) is 0 Å². The molecule has 0 aromatic heterocycles. The van der Waals surface area contributed by atoms with E-state index in [-0.39, 0.29) is 10.3 Å². The third kappa shape index (κ3) is 11.6. The Balaban J connectivity index is 3.44. The Morgan fingerprint density at radius 2 is 0.840 bits per heavy atom. The van der Waals surface area contributed by atoms with Gasteiger partial charge in [0.05, 0.1) is 0 Å². The first-order valence-corrected chi connectivity index (χ1v) is 12.0.